The molecule has 13 heteroatoms. The van der Waals surface area contributed by atoms with Crippen LogP contribution >= 0.6 is 0 Å². The highest BCUT2D eigenvalue weighted by molar-refractivity contribution is 7.89. The van der Waals surface area contributed by atoms with Crippen molar-refractivity contribution in [3.05, 3.63) is 84.4 Å². The molecule has 3 aromatic rings. The maximum atomic E-state index is 14.0. The van der Waals surface area contributed by atoms with Crippen LogP contribution in [0.5, 0.6) is 0 Å². The van der Waals surface area contributed by atoms with Gasteiger partial charge in [-0.25, -0.2) is 17.9 Å². The van der Waals surface area contributed by atoms with Gasteiger partial charge in [-0.15, -0.1) is 0 Å². The molecule has 0 spiro atoms. The maximum absolute atomic E-state index is 14.0. The van der Waals surface area contributed by atoms with Crippen LogP contribution in [0.2, 0.25) is 0 Å². The molecule has 0 aliphatic carbocycles. The van der Waals surface area contributed by atoms with Crippen molar-refractivity contribution in [3.8, 4) is 0 Å². The molecule has 0 bridgehead atoms. The molecule has 1 aliphatic rings. The van der Waals surface area contributed by atoms with Crippen molar-refractivity contribution in [3.63, 3.8) is 0 Å². The van der Waals surface area contributed by atoms with Crippen LogP contribution in [0.1, 0.15) is 31.1 Å². The van der Waals surface area contributed by atoms with Gasteiger partial charge >= 0.3 is 6.03 Å². The Bertz CT molecular complexity index is 1640. The summed E-state index contributed by atoms with van der Waals surface area (Å²) in [6.45, 7) is 5.31. The van der Waals surface area contributed by atoms with Gasteiger partial charge in [-0.05, 0) is 63.2 Å². The molecular formula is C30H34N6O6S. The third-order valence-electron chi connectivity index (χ3n) is 6.24. The minimum absolute atomic E-state index is 0.00973. The number of sulfonamides is 1. The lowest BCUT2D eigenvalue weighted by Gasteiger charge is -2.27. The molecule has 1 unspecified atom stereocenters. The Morgan fingerprint density at radius 3 is 2.21 bits per heavy atom. The molecule has 0 radical (unpaired) electrons. The van der Waals surface area contributed by atoms with E-state index >= 15 is 0 Å². The van der Waals surface area contributed by atoms with Gasteiger partial charge in [0.15, 0.2) is 0 Å². The number of carbonyl (C=O) groups excluding carboxylic acids is 4. The van der Waals surface area contributed by atoms with E-state index in [4.69, 9.17) is 0 Å². The number of nitrogens with zero attached hydrogens (tertiary/aromatic N) is 2. The molecule has 0 aromatic heterocycles. The van der Waals surface area contributed by atoms with Gasteiger partial charge in [0.25, 0.3) is 11.8 Å². The summed E-state index contributed by atoms with van der Waals surface area (Å²) in [5.74, 6) is -1.71. The molecule has 0 fully saturated rings. The van der Waals surface area contributed by atoms with Crippen LogP contribution < -0.4 is 30.5 Å². The minimum Gasteiger partial charge on any atom is -0.350 e. The SMILES string of the molecule is CC(C)(C)NC(=O)CN1C(=O)C(NC(=O)Nc2cccc(C(=O)NS(C)(=O)=O)c2)CN(c2ccccc2)c2ccccc21. The number of carbonyl (C=O) groups is 4. The standard InChI is InChI=1S/C30H34N6O6S/c1-30(2,3)33-26(37)19-36-25-16-9-8-15-24(25)35(22-13-6-5-7-14-22)18-23(28(36)39)32-29(40)31-21-12-10-11-20(17-21)27(38)34-43(4,41)42/h5-17,23H,18-19H2,1-4H3,(H,33,37)(H,34,38)(H2,31,32,40). The largest absolute Gasteiger partial charge is 0.350 e. The number of hydrogen-bond acceptors (Lipinski definition) is 7. The number of para-hydroxylation sites is 3. The van der Waals surface area contributed by atoms with Crippen molar-refractivity contribution in [1.29, 1.82) is 0 Å². The van der Waals surface area contributed by atoms with Crippen LogP contribution in [0.4, 0.5) is 27.5 Å². The van der Waals surface area contributed by atoms with Gasteiger partial charge in [0.2, 0.25) is 15.9 Å². The molecule has 0 saturated heterocycles. The molecule has 4 N–H and O–H groups in total. The second kappa shape index (κ2) is 12.5. The molecular weight excluding hydrogens is 572 g/mol. The number of amides is 5. The molecule has 4 rings (SSSR count). The number of nitrogens with one attached hydrogen (secondary N) is 4. The number of anilines is 4. The van der Waals surface area contributed by atoms with Crippen molar-refractivity contribution in [1.82, 2.24) is 15.4 Å². The van der Waals surface area contributed by atoms with Crippen LogP contribution in [-0.2, 0) is 19.6 Å². The molecule has 1 atom stereocenters. The number of benzene rings is 3. The Kier molecular flexibility index (Phi) is 9.04. The lowest BCUT2D eigenvalue weighted by molar-refractivity contribution is -0.125. The zero-order valence-electron chi connectivity index (χ0n) is 24.2. The molecule has 5 amide bonds. The highest BCUT2D eigenvalue weighted by Gasteiger charge is 2.36. The molecule has 3 aromatic carbocycles. The Morgan fingerprint density at radius 2 is 1.56 bits per heavy atom. The number of fused-ring (bicyclic) bond motifs is 1. The van der Waals surface area contributed by atoms with Crippen LogP contribution in [0.15, 0.2) is 78.9 Å². The first-order valence-electron chi connectivity index (χ1n) is 13.4. The van der Waals surface area contributed by atoms with Gasteiger partial charge in [0.05, 0.1) is 24.2 Å². The Morgan fingerprint density at radius 1 is 0.907 bits per heavy atom. The second-order valence-corrected chi connectivity index (χ2v) is 12.8. The van der Waals surface area contributed by atoms with Gasteiger partial charge in [-0.3, -0.25) is 19.3 Å². The fourth-order valence-electron chi connectivity index (χ4n) is 4.60. The van der Waals surface area contributed by atoms with Gasteiger partial charge in [0.1, 0.15) is 12.6 Å². The first kappa shape index (κ1) is 31.0. The van der Waals surface area contributed by atoms with E-state index in [0.29, 0.717) is 11.4 Å². The zero-order valence-corrected chi connectivity index (χ0v) is 25.1. The maximum Gasteiger partial charge on any atom is 0.319 e. The normalized spacial score (nSPS) is 15.2. The Hall–Kier alpha value is -4.91. The van der Waals surface area contributed by atoms with E-state index < -0.39 is 39.4 Å². The third-order valence-corrected chi connectivity index (χ3v) is 6.80. The number of hydrogen-bond donors (Lipinski definition) is 4. The predicted octanol–water partition coefficient (Wildman–Crippen LogP) is 2.97. The van der Waals surface area contributed by atoms with Gasteiger partial charge < -0.3 is 20.9 Å². The van der Waals surface area contributed by atoms with Crippen molar-refractivity contribution >= 4 is 56.5 Å². The molecule has 12 nitrogen and oxygen atoms in total. The zero-order chi connectivity index (χ0) is 31.4. The smallest absolute Gasteiger partial charge is 0.319 e. The van der Waals surface area contributed by atoms with Crippen LogP contribution in [0, 0.1) is 0 Å². The van der Waals surface area contributed by atoms with Crippen LogP contribution in [0.25, 0.3) is 0 Å². The number of rotatable bonds is 7. The van der Waals surface area contributed by atoms with Gasteiger partial charge in [-0.2, -0.15) is 0 Å². The van der Waals surface area contributed by atoms with Crippen LogP contribution in [0.3, 0.4) is 0 Å². The summed E-state index contributed by atoms with van der Waals surface area (Å²) < 4.78 is 24.8. The summed E-state index contributed by atoms with van der Waals surface area (Å²) in [7, 11) is -3.79. The Labute approximate surface area is 250 Å². The lowest BCUT2D eigenvalue weighted by atomic mass is 10.1. The summed E-state index contributed by atoms with van der Waals surface area (Å²) >= 11 is 0. The van der Waals surface area contributed by atoms with Gasteiger partial charge in [0, 0.05) is 22.5 Å². The lowest BCUT2D eigenvalue weighted by Crippen LogP contribution is -2.55. The summed E-state index contributed by atoms with van der Waals surface area (Å²) in [4.78, 5) is 55.8. The Balaban J connectivity index is 1.63. The van der Waals surface area contributed by atoms with Crippen LogP contribution in [-0.4, -0.2) is 63.1 Å². The van der Waals surface area contributed by atoms with E-state index in [1.54, 1.807) is 12.1 Å². The summed E-state index contributed by atoms with van der Waals surface area (Å²) in [6.07, 6.45) is 0.858. The highest BCUT2D eigenvalue weighted by Crippen LogP contribution is 2.37. The first-order valence-corrected chi connectivity index (χ1v) is 15.3. The van der Waals surface area contributed by atoms with E-state index in [9.17, 15) is 27.6 Å². The fourth-order valence-corrected chi connectivity index (χ4v) is 5.06. The summed E-state index contributed by atoms with van der Waals surface area (Å²) in [5, 5.41) is 8.20. The van der Waals surface area contributed by atoms with Crippen molar-refractivity contribution in [2.45, 2.75) is 32.4 Å². The average Bonchev–Trinajstić information content (AvgIpc) is 3.02. The predicted molar refractivity (Wildman–Crippen MR) is 165 cm³/mol. The van der Waals surface area contributed by atoms with Crippen molar-refractivity contribution in [2.24, 2.45) is 0 Å². The molecule has 1 heterocycles. The highest BCUT2D eigenvalue weighted by atomic mass is 32.2. The second-order valence-electron chi connectivity index (χ2n) is 11.1. The monoisotopic (exact) mass is 606 g/mol. The summed E-state index contributed by atoms with van der Waals surface area (Å²) in [6, 6.07) is 20.4. The number of urea groups is 1. The average molecular weight is 607 g/mol. The van der Waals surface area contributed by atoms with Gasteiger partial charge in [-0.1, -0.05) is 36.4 Å². The van der Waals surface area contributed by atoms with E-state index in [-0.39, 0.29) is 30.2 Å². The molecule has 1 aliphatic heterocycles. The first-order chi connectivity index (χ1) is 20.2. The van der Waals surface area contributed by atoms with Crippen molar-refractivity contribution in [2.75, 3.05) is 34.5 Å². The minimum atomic E-state index is -3.79. The molecule has 43 heavy (non-hydrogen) atoms. The summed E-state index contributed by atoms with van der Waals surface area (Å²) in [5.41, 5.74) is 1.65. The van der Waals surface area contributed by atoms with E-state index in [0.717, 1.165) is 11.9 Å². The van der Waals surface area contributed by atoms with E-state index in [1.165, 1.54) is 29.2 Å². The topological polar surface area (TPSA) is 157 Å². The van der Waals surface area contributed by atoms with E-state index in [1.807, 2.05) is 72.9 Å². The fraction of sp³-hybridized carbons (Fsp3) is 0.267. The molecule has 0 saturated carbocycles. The van der Waals surface area contributed by atoms with E-state index in [2.05, 4.69) is 16.0 Å². The quantitative estimate of drug-likeness (QED) is 0.322. The third kappa shape index (κ3) is 8.32. The molecule has 226 valence electrons. The van der Waals surface area contributed by atoms with Crippen molar-refractivity contribution < 1.29 is 27.6 Å².